The Morgan fingerprint density at radius 2 is 2.00 bits per heavy atom. The van der Waals surface area contributed by atoms with Crippen LogP contribution in [0.4, 0.5) is 5.82 Å². The Labute approximate surface area is 172 Å². The van der Waals surface area contributed by atoms with Gasteiger partial charge in [0.2, 0.25) is 5.91 Å². The Kier molecular flexibility index (Phi) is 5.15. The Bertz CT molecular complexity index is 933. The van der Waals surface area contributed by atoms with Gasteiger partial charge in [-0.2, -0.15) is 0 Å². The van der Waals surface area contributed by atoms with Crippen LogP contribution in [0.5, 0.6) is 0 Å². The highest BCUT2D eigenvalue weighted by Crippen LogP contribution is 2.51. The zero-order chi connectivity index (χ0) is 20.6. The summed E-state index contributed by atoms with van der Waals surface area (Å²) in [6.07, 6.45) is 6.36. The van der Waals surface area contributed by atoms with E-state index in [4.69, 9.17) is 0 Å². The number of fused-ring (bicyclic) bond motifs is 1. The zero-order valence-electron chi connectivity index (χ0n) is 17.4. The molecule has 4 rings (SSSR count). The average Bonchev–Trinajstić information content (AvgIpc) is 3.17. The molecule has 1 saturated carbocycles. The van der Waals surface area contributed by atoms with E-state index in [1.54, 1.807) is 6.20 Å². The lowest BCUT2D eigenvalue weighted by Gasteiger charge is -2.52. The number of hydrogen-bond donors (Lipinski definition) is 1. The molecule has 1 aliphatic heterocycles. The fourth-order valence-corrected chi connectivity index (χ4v) is 5.23. The number of nitrogens with one attached hydrogen (secondary N) is 1. The van der Waals surface area contributed by atoms with E-state index in [0.717, 1.165) is 43.2 Å². The topological polar surface area (TPSA) is 62.3 Å². The lowest BCUT2D eigenvalue weighted by atomic mass is 9.70. The highest BCUT2D eigenvalue weighted by Gasteiger charge is 2.56. The van der Waals surface area contributed by atoms with E-state index in [1.165, 1.54) is 0 Å². The van der Waals surface area contributed by atoms with Crippen molar-refractivity contribution >= 4 is 17.6 Å². The smallest absolute Gasteiger partial charge is 0.254 e. The van der Waals surface area contributed by atoms with Gasteiger partial charge in [-0.3, -0.25) is 9.59 Å². The van der Waals surface area contributed by atoms with Crippen LogP contribution in [0.3, 0.4) is 0 Å². The molecule has 2 amide bonds. The second kappa shape index (κ2) is 7.62. The molecule has 2 aliphatic rings. The number of aryl methyl sites for hydroxylation is 1. The minimum Gasteiger partial charge on any atom is -0.329 e. The second-order valence-electron chi connectivity index (χ2n) is 8.47. The van der Waals surface area contributed by atoms with E-state index in [2.05, 4.69) is 24.1 Å². The van der Waals surface area contributed by atoms with Crippen molar-refractivity contribution in [2.24, 2.45) is 0 Å². The summed E-state index contributed by atoms with van der Waals surface area (Å²) >= 11 is 0. The zero-order valence-corrected chi connectivity index (χ0v) is 17.4. The fourth-order valence-electron chi connectivity index (χ4n) is 5.23. The van der Waals surface area contributed by atoms with Crippen molar-refractivity contribution < 1.29 is 9.59 Å². The van der Waals surface area contributed by atoms with Crippen molar-refractivity contribution in [1.82, 2.24) is 9.88 Å². The van der Waals surface area contributed by atoms with E-state index < -0.39 is 11.5 Å². The summed E-state index contributed by atoms with van der Waals surface area (Å²) in [7, 11) is 0. The van der Waals surface area contributed by atoms with Gasteiger partial charge in [0.25, 0.3) is 5.91 Å². The molecule has 29 heavy (non-hydrogen) atoms. The van der Waals surface area contributed by atoms with E-state index >= 15 is 0 Å². The molecule has 0 radical (unpaired) electrons. The van der Waals surface area contributed by atoms with Gasteiger partial charge in [0.15, 0.2) is 0 Å². The van der Waals surface area contributed by atoms with Crippen molar-refractivity contribution in [1.29, 1.82) is 0 Å². The average molecular weight is 392 g/mol. The third-order valence-corrected chi connectivity index (χ3v) is 6.67. The third kappa shape index (κ3) is 3.22. The number of aromatic nitrogens is 1. The van der Waals surface area contributed by atoms with Crippen LogP contribution in [-0.2, 0) is 4.79 Å². The number of anilines is 1. The maximum Gasteiger partial charge on any atom is 0.254 e. The number of benzene rings is 1. The number of amides is 2. The maximum atomic E-state index is 13.7. The summed E-state index contributed by atoms with van der Waals surface area (Å²) in [5, 5.41) is 3.05. The van der Waals surface area contributed by atoms with Crippen LogP contribution in [0.25, 0.3) is 0 Å². The molecular weight excluding hydrogens is 362 g/mol. The maximum absolute atomic E-state index is 13.7. The first kappa shape index (κ1) is 19.6. The number of carbonyl (C=O) groups is 2. The van der Waals surface area contributed by atoms with E-state index in [1.807, 2.05) is 48.2 Å². The molecule has 0 unspecified atom stereocenters. The van der Waals surface area contributed by atoms with E-state index in [-0.39, 0.29) is 17.9 Å². The molecule has 1 aliphatic carbocycles. The predicted molar refractivity (Wildman–Crippen MR) is 114 cm³/mol. The van der Waals surface area contributed by atoms with Gasteiger partial charge in [0.05, 0.1) is 11.5 Å². The molecule has 1 spiro atoms. The lowest BCUT2D eigenvalue weighted by molar-refractivity contribution is -0.121. The summed E-state index contributed by atoms with van der Waals surface area (Å²) in [6.45, 7) is 6.19. The van der Waals surface area contributed by atoms with Gasteiger partial charge in [-0.1, -0.05) is 38.0 Å². The number of nitrogens with zero attached hydrogens (tertiary/aromatic N) is 2. The van der Waals surface area contributed by atoms with Crippen LogP contribution < -0.4 is 5.32 Å². The largest absolute Gasteiger partial charge is 0.329 e. The normalized spacial score (nSPS) is 21.1. The van der Waals surface area contributed by atoms with Crippen LogP contribution in [-0.4, -0.2) is 33.3 Å². The molecule has 0 bridgehead atoms. The van der Waals surface area contributed by atoms with Crippen molar-refractivity contribution in [3.63, 3.8) is 0 Å². The first-order chi connectivity index (χ1) is 14.0. The molecule has 152 valence electrons. The molecule has 2 atom stereocenters. The Morgan fingerprint density at radius 1 is 1.28 bits per heavy atom. The number of hydrogen-bond acceptors (Lipinski definition) is 3. The molecule has 1 N–H and O–H groups in total. The summed E-state index contributed by atoms with van der Waals surface area (Å²) < 4.78 is 0. The number of pyridine rings is 1. The molecule has 2 aromatic rings. The van der Waals surface area contributed by atoms with Crippen molar-refractivity contribution in [3.8, 4) is 0 Å². The van der Waals surface area contributed by atoms with E-state index in [0.29, 0.717) is 11.4 Å². The third-order valence-electron chi connectivity index (χ3n) is 6.67. The van der Waals surface area contributed by atoms with Crippen LogP contribution in [0.15, 0.2) is 42.6 Å². The minimum absolute atomic E-state index is 0.0644. The van der Waals surface area contributed by atoms with Crippen LogP contribution in [0.2, 0.25) is 0 Å². The Balaban J connectivity index is 1.83. The van der Waals surface area contributed by atoms with Gasteiger partial charge in [-0.25, -0.2) is 4.98 Å². The lowest BCUT2D eigenvalue weighted by Crippen LogP contribution is -2.62. The van der Waals surface area contributed by atoms with Gasteiger partial charge in [0.1, 0.15) is 5.82 Å². The number of rotatable bonds is 4. The van der Waals surface area contributed by atoms with Gasteiger partial charge >= 0.3 is 0 Å². The molecule has 0 saturated heterocycles. The first-order valence-electron chi connectivity index (χ1n) is 10.6. The van der Waals surface area contributed by atoms with Crippen LogP contribution in [0.1, 0.15) is 73.4 Å². The summed E-state index contributed by atoms with van der Waals surface area (Å²) in [5.41, 5.74) is 2.09. The molecule has 5 heteroatoms. The van der Waals surface area contributed by atoms with E-state index in [9.17, 15) is 9.59 Å². The monoisotopic (exact) mass is 391 g/mol. The van der Waals surface area contributed by atoms with Gasteiger partial charge in [-0.15, -0.1) is 0 Å². The highest BCUT2D eigenvalue weighted by atomic mass is 16.2. The predicted octanol–water partition coefficient (Wildman–Crippen LogP) is 4.68. The SMILES string of the molecule is CC[C@@H](C)N1C(=O)c2ccccc2[C@@H](C(=O)Nc2cc(C)ccn2)C12CCCC2. The molecule has 5 nitrogen and oxygen atoms in total. The summed E-state index contributed by atoms with van der Waals surface area (Å²) in [5.74, 6) is 0.163. The quantitative estimate of drug-likeness (QED) is 0.823. The second-order valence-corrected chi connectivity index (χ2v) is 8.47. The number of carbonyl (C=O) groups excluding carboxylic acids is 2. The van der Waals surface area contributed by atoms with Crippen molar-refractivity contribution in [2.75, 3.05) is 5.32 Å². The minimum atomic E-state index is -0.464. The fraction of sp³-hybridized carbons (Fsp3) is 0.458. The van der Waals surface area contributed by atoms with Crippen LogP contribution in [0, 0.1) is 6.92 Å². The first-order valence-corrected chi connectivity index (χ1v) is 10.6. The van der Waals surface area contributed by atoms with Gasteiger partial charge < -0.3 is 10.2 Å². The molecule has 1 aromatic carbocycles. The van der Waals surface area contributed by atoms with Crippen LogP contribution >= 0.6 is 0 Å². The molecule has 1 aromatic heterocycles. The summed E-state index contributed by atoms with van der Waals surface area (Å²) in [6, 6.07) is 11.5. The van der Waals surface area contributed by atoms with Gasteiger partial charge in [0, 0.05) is 17.8 Å². The Morgan fingerprint density at radius 3 is 2.69 bits per heavy atom. The van der Waals surface area contributed by atoms with Crippen molar-refractivity contribution in [3.05, 3.63) is 59.3 Å². The molecule has 2 heterocycles. The molecule has 1 fully saturated rings. The molecular formula is C24H29N3O2. The summed E-state index contributed by atoms with van der Waals surface area (Å²) in [4.78, 5) is 33.6. The van der Waals surface area contributed by atoms with Gasteiger partial charge in [-0.05, 0) is 62.4 Å². The standard InChI is InChI=1S/C24H29N3O2/c1-4-17(3)27-23(29)19-10-6-5-9-18(19)21(24(27)12-7-8-13-24)22(28)26-20-15-16(2)11-14-25-20/h5-6,9-11,14-15,17,21H,4,7-8,12-13H2,1-3H3,(H,25,26,28)/t17-,21+/m1/s1. The van der Waals surface area contributed by atoms with Crippen molar-refractivity contribution in [2.45, 2.75) is 70.4 Å². The highest BCUT2D eigenvalue weighted by molar-refractivity contribution is 6.05. The Hall–Kier alpha value is -2.69.